The summed E-state index contributed by atoms with van der Waals surface area (Å²) >= 11 is 7.04. The standard InChI is InChI=1S/C8H10ClNO3S/c1-13-6-7(12)10-4(5(11)2-9)3-14-8(6)10/h4,6,8H,2-3H2,1H3. The van der Waals surface area contributed by atoms with E-state index in [2.05, 4.69) is 0 Å². The molecule has 2 fully saturated rings. The van der Waals surface area contributed by atoms with Gasteiger partial charge in [0.25, 0.3) is 5.91 Å². The van der Waals surface area contributed by atoms with E-state index in [1.165, 1.54) is 7.11 Å². The van der Waals surface area contributed by atoms with Crippen LogP contribution < -0.4 is 0 Å². The second-order valence-electron chi connectivity index (χ2n) is 3.24. The van der Waals surface area contributed by atoms with E-state index >= 15 is 0 Å². The van der Waals surface area contributed by atoms with Crippen molar-refractivity contribution in [2.24, 2.45) is 0 Å². The zero-order valence-corrected chi connectivity index (χ0v) is 9.18. The van der Waals surface area contributed by atoms with E-state index in [0.717, 1.165) is 0 Å². The Morgan fingerprint density at radius 2 is 2.50 bits per heavy atom. The van der Waals surface area contributed by atoms with Crippen molar-refractivity contribution in [3.05, 3.63) is 0 Å². The van der Waals surface area contributed by atoms with Gasteiger partial charge in [-0.25, -0.2) is 0 Å². The zero-order valence-electron chi connectivity index (χ0n) is 7.60. The van der Waals surface area contributed by atoms with Gasteiger partial charge >= 0.3 is 0 Å². The van der Waals surface area contributed by atoms with E-state index in [-0.39, 0.29) is 35.1 Å². The summed E-state index contributed by atoms with van der Waals surface area (Å²) in [6.07, 6.45) is -0.367. The van der Waals surface area contributed by atoms with Crippen LogP contribution in [0.1, 0.15) is 0 Å². The quantitative estimate of drug-likeness (QED) is 0.514. The molecular formula is C8H10ClNO3S. The van der Waals surface area contributed by atoms with Gasteiger partial charge < -0.3 is 9.64 Å². The number of methoxy groups -OCH3 is 1. The smallest absolute Gasteiger partial charge is 0.256 e. The van der Waals surface area contributed by atoms with Crippen LogP contribution in [0.4, 0.5) is 0 Å². The third-order valence-electron chi connectivity index (χ3n) is 2.55. The number of amides is 1. The first kappa shape index (κ1) is 10.3. The summed E-state index contributed by atoms with van der Waals surface area (Å²) in [6.45, 7) is 0. The molecule has 1 amide bonds. The van der Waals surface area contributed by atoms with Gasteiger partial charge in [0.1, 0.15) is 11.4 Å². The monoisotopic (exact) mass is 235 g/mol. The topological polar surface area (TPSA) is 46.6 Å². The van der Waals surface area contributed by atoms with Crippen molar-refractivity contribution < 1.29 is 14.3 Å². The number of halogens is 1. The van der Waals surface area contributed by atoms with Crippen LogP contribution in [0.2, 0.25) is 0 Å². The molecule has 3 atom stereocenters. The van der Waals surface area contributed by atoms with E-state index in [9.17, 15) is 9.59 Å². The van der Waals surface area contributed by atoms with Crippen molar-refractivity contribution in [3.63, 3.8) is 0 Å². The fraction of sp³-hybridized carbons (Fsp3) is 0.750. The lowest BCUT2D eigenvalue weighted by atomic mass is 10.1. The fourth-order valence-corrected chi connectivity index (χ4v) is 3.50. The van der Waals surface area contributed by atoms with Gasteiger partial charge in [-0.1, -0.05) is 0 Å². The molecule has 14 heavy (non-hydrogen) atoms. The highest BCUT2D eigenvalue weighted by Crippen LogP contribution is 2.41. The van der Waals surface area contributed by atoms with Crippen LogP contribution in [-0.4, -0.2) is 52.9 Å². The van der Waals surface area contributed by atoms with Crippen molar-refractivity contribution in [2.45, 2.75) is 17.5 Å². The molecule has 0 aromatic heterocycles. The number of thioether (sulfide) groups is 1. The Kier molecular flexibility index (Phi) is 2.72. The van der Waals surface area contributed by atoms with Crippen molar-refractivity contribution in [1.82, 2.24) is 4.90 Å². The van der Waals surface area contributed by atoms with Gasteiger partial charge in [-0.05, 0) is 0 Å². The van der Waals surface area contributed by atoms with E-state index in [1.807, 2.05) is 0 Å². The maximum atomic E-state index is 11.5. The van der Waals surface area contributed by atoms with Crippen LogP contribution in [0.15, 0.2) is 0 Å². The molecule has 2 rings (SSSR count). The minimum atomic E-state index is -0.367. The highest BCUT2D eigenvalue weighted by atomic mass is 35.5. The van der Waals surface area contributed by atoms with E-state index in [1.54, 1.807) is 16.7 Å². The Morgan fingerprint density at radius 3 is 3.07 bits per heavy atom. The molecule has 2 aliphatic rings. The highest BCUT2D eigenvalue weighted by molar-refractivity contribution is 8.00. The molecule has 0 spiro atoms. The number of alkyl halides is 1. The molecule has 0 saturated carbocycles. The van der Waals surface area contributed by atoms with Gasteiger partial charge in [-0.3, -0.25) is 9.59 Å². The van der Waals surface area contributed by atoms with Gasteiger partial charge in [0.2, 0.25) is 0 Å². The first-order valence-electron chi connectivity index (χ1n) is 4.26. The minimum absolute atomic E-state index is 0.0182. The van der Waals surface area contributed by atoms with E-state index < -0.39 is 0 Å². The van der Waals surface area contributed by atoms with Crippen LogP contribution >= 0.6 is 23.4 Å². The van der Waals surface area contributed by atoms with Crippen LogP contribution in [0.25, 0.3) is 0 Å². The fourth-order valence-electron chi connectivity index (χ4n) is 1.78. The summed E-state index contributed by atoms with van der Waals surface area (Å²) in [7, 11) is 1.51. The predicted molar refractivity (Wildman–Crippen MR) is 53.4 cm³/mol. The molecule has 6 heteroatoms. The first-order valence-corrected chi connectivity index (χ1v) is 5.84. The molecular weight excluding hydrogens is 226 g/mol. The average molecular weight is 236 g/mol. The number of ketones is 1. The molecule has 0 aliphatic carbocycles. The number of hydrogen-bond acceptors (Lipinski definition) is 4. The maximum absolute atomic E-state index is 11.5. The van der Waals surface area contributed by atoms with Gasteiger partial charge in [0, 0.05) is 12.9 Å². The van der Waals surface area contributed by atoms with Crippen LogP contribution in [0, 0.1) is 0 Å². The Labute approximate surface area is 90.9 Å². The molecule has 4 nitrogen and oxygen atoms in total. The van der Waals surface area contributed by atoms with Crippen LogP contribution in [0.5, 0.6) is 0 Å². The summed E-state index contributed by atoms with van der Waals surface area (Å²) in [4.78, 5) is 24.4. The number of β-lactam (4-membered cyclic amide) rings is 1. The number of carbonyl (C=O) groups excluding carboxylic acids is 2. The number of rotatable bonds is 3. The van der Waals surface area contributed by atoms with Crippen molar-refractivity contribution in [3.8, 4) is 0 Å². The van der Waals surface area contributed by atoms with Gasteiger partial charge in [-0.15, -0.1) is 23.4 Å². The normalized spacial score (nSPS) is 35.4. The molecule has 0 aromatic rings. The number of ether oxygens (including phenoxy) is 1. The van der Waals surface area contributed by atoms with Crippen LogP contribution in [0.3, 0.4) is 0 Å². The first-order chi connectivity index (χ1) is 6.70. The van der Waals surface area contributed by atoms with Crippen LogP contribution in [-0.2, 0) is 14.3 Å². The number of hydrogen-bond donors (Lipinski definition) is 0. The predicted octanol–water partition coefficient (Wildman–Crippen LogP) is 0.0930. The lowest BCUT2D eigenvalue weighted by Gasteiger charge is -2.42. The van der Waals surface area contributed by atoms with Gasteiger partial charge in [0.05, 0.1) is 5.88 Å². The molecule has 0 N–H and O–H groups in total. The largest absolute Gasteiger partial charge is 0.368 e. The Hall–Kier alpha value is -0.260. The molecule has 0 radical (unpaired) electrons. The molecule has 0 aromatic carbocycles. The van der Waals surface area contributed by atoms with Crippen molar-refractivity contribution >= 4 is 35.1 Å². The SMILES string of the molecule is COC1C(=O)N2C(C(=O)CCl)CSC12. The molecule has 0 bridgehead atoms. The second-order valence-corrected chi connectivity index (χ2v) is 4.66. The second kappa shape index (κ2) is 3.72. The number of Topliss-reactive ketones (excluding diaryl/α,β-unsaturated/α-hetero) is 1. The third-order valence-corrected chi connectivity index (χ3v) is 4.14. The highest BCUT2D eigenvalue weighted by Gasteiger charge is 2.56. The number of carbonyl (C=O) groups is 2. The Morgan fingerprint density at radius 1 is 1.79 bits per heavy atom. The van der Waals surface area contributed by atoms with Crippen molar-refractivity contribution in [1.29, 1.82) is 0 Å². The van der Waals surface area contributed by atoms with Crippen molar-refractivity contribution in [2.75, 3.05) is 18.7 Å². The minimum Gasteiger partial charge on any atom is -0.368 e. The van der Waals surface area contributed by atoms with E-state index in [0.29, 0.717) is 5.75 Å². The Balaban J connectivity index is 2.08. The summed E-state index contributed by atoms with van der Waals surface area (Å²) < 4.78 is 5.02. The zero-order chi connectivity index (χ0) is 10.3. The summed E-state index contributed by atoms with van der Waals surface area (Å²) in [5, 5.41) is 0.0182. The molecule has 3 unspecified atom stereocenters. The molecule has 78 valence electrons. The van der Waals surface area contributed by atoms with Gasteiger partial charge in [0.15, 0.2) is 11.9 Å². The lowest BCUT2D eigenvalue weighted by molar-refractivity contribution is -0.166. The summed E-state index contributed by atoms with van der Waals surface area (Å²) in [6, 6.07) is -0.332. The average Bonchev–Trinajstić information content (AvgIpc) is 2.57. The third kappa shape index (κ3) is 1.26. The molecule has 2 saturated heterocycles. The summed E-state index contributed by atoms with van der Waals surface area (Å²) in [5.74, 6) is 0.441. The molecule has 2 heterocycles. The van der Waals surface area contributed by atoms with E-state index in [4.69, 9.17) is 16.3 Å². The maximum Gasteiger partial charge on any atom is 0.256 e. The summed E-state index contributed by atoms with van der Waals surface area (Å²) in [5.41, 5.74) is 0. The van der Waals surface area contributed by atoms with Gasteiger partial charge in [-0.2, -0.15) is 0 Å². The number of nitrogens with zero attached hydrogens (tertiary/aromatic N) is 1. The number of fused-ring (bicyclic) bond motifs is 1. The lowest BCUT2D eigenvalue weighted by Crippen LogP contribution is -2.65. The Bertz CT molecular complexity index is 286. The molecule has 2 aliphatic heterocycles.